The van der Waals surface area contributed by atoms with Crippen molar-refractivity contribution in [1.29, 1.82) is 0 Å². The zero-order valence-corrected chi connectivity index (χ0v) is 12.4. The summed E-state index contributed by atoms with van der Waals surface area (Å²) in [7, 11) is 0. The summed E-state index contributed by atoms with van der Waals surface area (Å²) in [6.45, 7) is 0. The maximum absolute atomic E-state index is 6.07. The molecule has 0 radical (unpaired) electrons. The Labute approximate surface area is 132 Å². The second-order valence-corrected chi connectivity index (χ2v) is 5.48. The minimum absolute atomic E-state index is 0.706. The van der Waals surface area contributed by atoms with Crippen molar-refractivity contribution in [2.24, 2.45) is 0 Å². The van der Waals surface area contributed by atoms with Crippen LogP contribution in [0.3, 0.4) is 0 Å². The molecule has 2 aromatic carbocycles. The van der Waals surface area contributed by atoms with Gasteiger partial charge >= 0.3 is 0 Å². The highest BCUT2D eigenvalue weighted by Crippen LogP contribution is 2.27. The zero-order valence-electron chi connectivity index (χ0n) is 11.6. The molecule has 0 saturated carbocycles. The third-order valence-corrected chi connectivity index (χ3v) is 3.83. The molecular formula is C18H12ClN3. The summed E-state index contributed by atoms with van der Waals surface area (Å²) >= 11 is 6.07. The second-order valence-electron chi connectivity index (χ2n) is 5.05. The van der Waals surface area contributed by atoms with Crippen LogP contribution in [0.1, 0.15) is 0 Å². The number of hydrogen-bond donors (Lipinski definition) is 0. The van der Waals surface area contributed by atoms with Gasteiger partial charge in [0, 0.05) is 28.5 Å². The van der Waals surface area contributed by atoms with E-state index in [-0.39, 0.29) is 0 Å². The first-order valence-electron chi connectivity index (χ1n) is 6.96. The van der Waals surface area contributed by atoms with E-state index in [4.69, 9.17) is 11.6 Å². The molecule has 0 amide bonds. The van der Waals surface area contributed by atoms with Gasteiger partial charge in [0.15, 0.2) is 5.65 Å². The Morgan fingerprint density at radius 1 is 0.818 bits per heavy atom. The Bertz CT molecular complexity index is 945. The van der Waals surface area contributed by atoms with Gasteiger partial charge in [-0.1, -0.05) is 54.1 Å². The fourth-order valence-electron chi connectivity index (χ4n) is 2.51. The van der Waals surface area contributed by atoms with Crippen LogP contribution >= 0.6 is 11.6 Å². The summed E-state index contributed by atoms with van der Waals surface area (Å²) in [6, 6.07) is 17.9. The van der Waals surface area contributed by atoms with Crippen LogP contribution in [0.4, 0.5) is 0 Å². The molecule has 3 nitrogen and oxygen atoms in total. The maximum Gasteiger partial charge on any atom is 0.162 e. The second kappa shape index (κ2) is 5.28. The number of hydrogen-bond acceptors (Lipinski definition) is 2. The Kier molecular flexibility index (Phi) is 3.13. The summed E-state index contributed by atoms with van der Waals surface area (Å²) in [5.74, 6) is 0. The molecule has 22 heavy (non-hydrogen) atoms. The van der Waals surface area contributed by atoms with Crippen molar-refractivity contribution in [3.05, 3.63) is 78.2 Å². The fourth-order valence-corrected chi connectivity index (χ4v) is 2.70. The van der Waals surface area contributed by atoms with Gasteiger partial charge in [-0.25, -0.2) is 9.50 Å². The molecule has 0 fully saturated rings. The van der Waals surface area contributed by atoms with E-state index in [1.165, 1.54) is 0 Å². The highest BCUT2D eigenvalue weighted by molar-refractivity contribution is 6.30. The minimum atomic E-state index is 0.706. The number of rotatable bonds is 2. The number of aromatic nitrogens is 3. The van der Waals surface area contributed by atoms with Gasteiger partial charge in [-0.05, 0) is 23.3 Å². The lowest BCUT2D eigenvalue weighted by Gasteiger charge is -2.03. The average molecular weight is 306 g/mol. The number of fused-ring (bicyclic) bond motifs is 1. The lowest BCUT2D eigenvalue weighted by molar-refractivity contribution is 0.941. The van der Waals surface area contributed by atoms with Crippen LogP contribution in [0.5, 0.6) is 0 Å². The van der Waals surface area contributed by atoms with Gasteiger partial charge in [0.05, 0.1) is 6.20 Å². The van der Waals surface area contributed by atoms with Crippen LogP contribution in [-0.4, -0.2) is 14.6 Å². The predicted molar refractivity (Wildman–Crippen MR) is 88.9 cm³/mol. The molecule has 106 valence electrons. The van der Waals surface area contributed by atoms with E-state index in [2.05, 4.69) is 22.2 Å². The van der Waals surface area contributed by atoms with Crippen molar-refractivity contribution in [2.45, 2.75) is 0 Å². The van der Waals surface area contributed by atoms with Gasteiger partial charge in [-0.2, -0.15) is 5.10 Å². The first-order valence-corrected chi connectivity index (χ1v) is 7.34. The standard InChI is InChI=1S/C18H12ClN3/c19-16-8-4-7-14(9-16)17-11-21-22-12-15(10-20-18(17)22)13-5-2-1-3-6-13/h1-12H. The molecule has 4 rings (SSSR count). The molecule has 0 aliphatic rings. The molecule has 0 aliphatic carbocycles. The van der Waals surface area contributed by atoms with Crippen LogP contribution in [-0.2, 0) is 0 Å². The van der Waals surface area contributed by atoms with Crippen LogP contribution in [0.25, 0.3) is 27.9 Å². The van der Waals surface area contributed by atoms with Gasteiger partial charge < -0.3 is 0 Å². The maximum atomic E-state index is 6.07. The SMILES string of the molecule is Clc1cccc(-c2cnn3cc(-c4ccccc4)cnc23)c1. The monoisotopic (exact) mass is 305 g/mol. The Balaban J connectivity index is 1.84. The van der Waals surface area contributed by atoms with Crippen molar-refractivity contribution < 1.29 is 0 Å². The van der Waals surface area contributed by atoms with E-state index >= 15 is 0 Å². The van der Waals surface area contributed by atoms with Gasteiger partial charge in [0.2, 0.25) is 0 Å². The topological polar surface area (TPSA) is 30.2 Å². The molecule has 0 spiro atoms. The Hall–Kier alpha value is -2.65. The van der Waals surface area contributed by atoms with Crippen molar-refractivity contribution >= 4 is 17.2 Å². The van der Waals surface area contributed by atoms with Crippen molar-refractivity contribution in [1.82, 2.24) is 14.6 Å². The molecule has 0 bridgehead atoms. The van der Waals surface area contributed by atoms with Crippen LogP contribution < -0.4 is 0 Å². The van der Waals surface area contributed by atoms with Crippen molar-refractivity contribution in [3.63, 3.8) is 0 Å². The Morgan fingerprint density at radius 2 is 1.64 bits per heavy atom. The molecule has 0 N–H and O–H groups in total. The number of halogens is 1. The Morgan fingerprint density at radius 3 is 2.45 bits per heavy atom. The summed E-state index contributed by atoms with van der Waals surface area (Å²) in [5.41, 5.74) is 4.97. The lowest BCUT2D eigenvalue weighted by atomic mass is 10.1. The molecule has 2 aromatic heterocycles. The van der Waals surface area contributed by atoms with E-state index < -0.39 is 0 Å². The molecule has 4 aromatic rings. The largest absolute Gasteiger partial charge is 0.236 e. The van der Waals surface area contributed by atoms with E-state index in [1.807, 2.05) is 61.1 Å². The molecule has 2 heterocycles. The van der Waals surface area contributed by atoms with E-state index in [0.29, 0.717) is 5.02 Å². The molecule has 0 aliphatic heterocycles. The molecule has 0 saturated heterocycles. The quantitative estimate of drug-likeness (QED) is 0.536. The lowest BCUT2D eigenvalue weighted by Crippen LogP contribution is -1.92. The average Bonchev–Trinajstić information content (AvgIpc) is 2.99. The van der Waals surface area contributed by atoms with E-state index in [1.54, 1.807) is 4.52 Å². The highest BCUT2D eigenvalue weighted by atomic mass is 35.5. The van der Waals surface area contributed by atoms with Crippen LogP contribution in [0.2, 0.25) is 5.02 Å². The minimum Gasteiger partial charge on any atom is -0.236 e. The first kappa shape index (κ1) is 13.0. The number of nitrogens with zero attached hydrogens (tertiary/aromatic N) is 3. The zero-order chi connectivity index (χ0) is 14.9. The van der Waals surface area contributed by atoms with Gasteiger partial charge in [0.25, 0.3) is 0 Å². The van der Waals surface area contributed by atoms with E-state index in [0.717, 1.165) is 27.9 Å². The highest BCUT2D eigenvalue weighted by Gasteiger charge is 2.09. The van der Waals surface area contributed by atoms with Crippen molar-refractivity contribution in [3.8, 4) is 22.3 Å². The summed E-state index contributed by atoms with van der Waals surface area (Å²) in [5, 5.41) is 5.13. The van der Waals surface area contributed by atoms with E-state index in [9.17, 15) is 0 Å². The van der Waals surface area contributed by atoms with Crippen LogP contribution in [0.15, 0.2) is 73.2 Å². The van der Waals surface area contributed by atoms with Gasteiger partial charge in [-0.15, -0.1) is 0 Å². The smallest absolute Gasteiger partial charge is 0.162 e. The predicted octanol–water partition coefficient (Wildman–Crippen LogP) is 4.72. The third kappa shape index (κ3) is 2.26. The summed E-state index contributed by atoms with van der Waals surface area (Å²) in [6.07, 6.45) is 5.69. The third-order valence-electron chi connectivity index (χ3n) is 3.60. The normalized spacial score (nSPS) is 11.0. The molecule has 0 atom stereocenters. The summed E-state index contributed by atoms with van der Waals surface area (Å²) in [4.78, 5) is 4.58. The molecular weight excluding hydrogens is 294 g/mol. The fraction of sp³-hybridized carbons (Fsp3) is 0. The van der Waals surface area contributed by atoms with Crippen LogP contribution in [0, 0.1) is 0 Å². The van der Waals surface area contributed by atoms with Crippen molar-refractivity contribution in [2.75, 3.05) is 0 Å². The molecule has 0 unspecified atom stereocenters. The molecule has 4 heteroatoms. The van der Waals surface area contributed by atoms with Gasteiger partial charge in [-0.3, -0.25) is 0 Å². The van der Waals surface area contributed by atoms with Gasteiger partial charge in [0.1, 0.15) is 0 Å². The number of benzene rings is 2. The summed E-state index contributed by atoms with van der Waals surface area (Å²) < 4.78 is 1.80. The first-order chi connectivity index (χ1) is 10.8.